The maximum Gasteiger partial charge on any atom is 0.332 e. The highest BCUT2D eigenvalue weighted by Gasteiger charge is 2.19. The summed E-state index contributed by atoms with van der Waals surface area (Å²) in [6.07, 6.45) is 5.67. The van der Waals surface area contributed by atoms with Gasteiger partial charge in [0, 0.05) is 20.5 Å². The van der Waals surface area contributed by atoms with Crippen LogP contribution < -0.4 is 11.2 Å². The maximum absolute atomic E-state index is 12.4. The lowest BCUT2D eigenvalue weighted by Gasteiger charge is -2.05. The van der Waals surface area contributed by atoms with Gasteiger partial charge >= 0.3 is 5.69 Å². The lowest BCUT2D eigenvalue weighted by atomic mass is 10.0. The van der Waals surface area contributed by atoms with Crippen LogP contribution in [0.25, 0.3) is 11.2 Å². The number of rotatable bonds is 2. The van der Waals surface area contributed by atoms with Gasteiger partial charge in [-0.2, -0.15) is 0 Å². The molecular formula is C15H17N5O3. The van der Waals surface area contributed by atoms with Crippen molar-refractivity contribution in [3.05, 3.63) is 44.5 Å². The number of aromatic nitrogens is 5. The first-order valence-corrected chi connectivity index (χ1v) is 7.64. The minimum absolute atomic E-state index is 0.330. The van der Waals surface area contributed by atoms with Crippen molar-refractivity contribution in [2.24, 2.45) is 14.1 Å². The number of fused-ring (bicyclic) bond motifs is 2. The summed E-state index contributed by atoms with van der Waals surface area (Å²) >= 11 is 0. The summed E-state index contributed by atoms with van der Waals surface area (Å²) < 4.78 is 9.96. The predicted octanol–water partition coefficient (Wildman–Crippen LogP) is 0.349. The SMILES string of the molecule is Cn1c(=O)c2c(ncn2Cc2nc3c(o2)CCCC3)n(C)c1=O. The quantitative estimate of drug-likeness (QED) is 0.681. The lowest BCUT2D eigenvalue weighted by molar-refractivity contribution is 0.431. The minimum atomic E-state index is -0.390. The molecule has 4 rings (SSSR count). The Morgan fingerprint density at radius 2 is 1.96 bits per heavy atom. The van der Waals surface area contributed by atoms with Crippen LogP contribution in [0.4, 0.5) is 0 Å². The molecule has 0 radical (unpaired) electrons. The number of hydrogen-bond acceptors (Lipinski definition) is 5. The van der Waals surface area contributed by atoms with E-state index in [9.17, 15) is 9.59 Å². The third kappa shape index (κ3) is 2.05. The Kier molecular flexibility index (Phi) is 3.00. The standard InChI is InChI=1S/C15H17N5O3/c1-18-13-12(14(21)19(2)15(18)22)20(8-16-13)7-11-17-9-5-3-4-6-10(9)23-11/h8H,3-7H2,1-2H3. The molecule has 3 aromatic rings. The van der Waals surface area contributed by atoms with Crippen molar-refractivity contribution >= 4 is 11.2 Å². The van der Waals surface area contributed by atoms with E-state index in [0.29, 0.717) is 23.6 Å². The number of imidazole rings is 1. The fourth-order valence-electron chi connectivity index (χ4n) is 3.14. The van der Waals surface area contributed by atoms with E-state index in [2.05, 4.69) is 9.97 Å². The number of hydrogen-bond donors (Lipinski definition) is 0. The van der Waals surface area contributed by atoms with Gasteiger partial charge in [-0.05, 0) is 19.3 Å². The number of nitrogens with zero attached hydrogens (tertiary/aromatic N) is 5. The average molecular weight is 315 g/mol. The second-order valence-electron chi connectivity index (χ2n) is 5.94. The summed E-state index contributed by atoms with van der Waals surface area (Å²) in [5, 5.41) is 0. The molecule has 23 heavy (non-hydrogen) atoms. The van der Waals surface area contributed by atoms with Crippen molar-refractivity contribution in [1.82, 2.24) is 23.7 Å². The number of aryl methyl sites for hydroxylation is 3. The monoisotopic (exact) mass is 315 g/mol. The van der Waals surface area contributed by atoms with E-state index in [-0.39, 0.29) is 11.2 Å². The number of oxazole rings is 1. The summed E-state index contributed by atoms with van der Waals surface area (Å²) in [6.45, 7) is 0.330. The molecule has 3 heterocycles. The van der Waals surface area contributed by atoms with Gasteiger partial charge < -0.3 is 8.98 Å². The smallest absolute Gasteiger partial charge is 0.332 e. The van der Waals surface area contributed by atoms with Crippen molar-refractivity contribution in [3.63, 3.8) is 0 Å². The molecule has 0 aromatic carbocycles. The summed E-state index contributed by atoms with van der Waals surface area (Å²) in [7, 11) is 3.07. The molecule has 3 aromatic heterocycles. The molecule has 0 amide bonds. The van der Waals surface area contributed by atoms with Crippen LogP contribution in [0.1, 0.15) is 30.2 Å². The molecule has 8 heteroatoms. The van der Waals surface area contributed by atoms with Gasteiger partial charge in [-0.15, -0.1) is 0 Å². The van der Waals surface area contributed by atoms with Crippen LogP contribution in [0, 0.1) is 0 Å². The van der Waals surface area contributed by atoms with Gasteiger partial charge in [0.1, 0.15) is 12.3 Å². The fraction of sp³-hybridized carbons (Fsp3) is 0.467. The Morgan fingerprint density at radius 3 is 2.74 bits per heavy atom. The molecule has 0 saturated carbocycles. The third-order valence-electron chi connectivity index (χ3n) is 4.41. The highest BCUT2D eigenvalue weighted by Crippen LogP contribution is 2.22. The van der Waals surface area contributed by atoms with Gasteiger partial charge in [-0.3, -0.25) is 13.9 Å². The van der Waals surface area contributed by atoms with E-state index in [0.717, 1.165) is 41.7 Å². The first kappa shape index (κ1) is 14.0. The Labute approximate surface area is 131 Å². The van der Waals surface area contributed by atoms with E-state index < -0.39 is 0 Å². The van der Waals surface area contributed by atoms with E-state index in [1.807, 2.05) is 0 Å². The van der Waals surface area contributed by atoms with E-state index >= 15 is 0 Å². The zero-order valence-corrected chi connectivity index (χ0v) is 13.1. The zero-order valence-electron chi connectivity index (χ0n) is 13.1. The maximum atomic E-state index is 12.4. The average Bonchev–Trinajstić information content (AvgIpc) is 3.14. The highest BCUT2D eigenvalue weighted by molar-refractivity contribution is 5.70. The van der Waals surface area contributed by atoms with E-state index in [1.54, 1.807) is 17.9 Å². The molecule has 0 saturated heterocycles. The van der Waals surface area contributed by atoms with Gasteiger partial charge in [0.25, 0.3) is 5.56 Å². The van der Waals surface area contributed by atoms with E-state index in [4.69, 9.17) is 4.42 Å². The van der Waals surface area contributed by atoms with Crippen LogP contribution in [0.2, 0.25) is 0 Å². The molecule has 8 nitrogen and oxygen atoms in total. The van der Waals surface area contributed by atoms with Crippen LogP contribution in [0.15, 0.2) is 20.3 Å². The van der Waals surface area contributed by atoms with Crippen LogP contribution in [0.5, 0.6) is 0 Å². The van der Waals surface area contributed by atoms with Gasteiger partial charge in [0.15, 0.2) is 11.2 Å². The Balaban J connectivity index is 1.82. The van der Waals surface area contributed by atoms with Gasteiger partial charge in [-0.1, -0.05) is 0 Å². The van der Waals surface area contributed by atoms with E-state index in [1.165, 1.54) is 11.6 Å². The molecule has 120 valence electrons. The van der Waals surface area contributed by atoms with Gasteiger partial charge in [0.05, 0.1) is 12.0 Å². The van der Waals surface area contributed by atoms with Crippen LogP contribution in [-0.2, 0) is 33.5 Å². The zero-order chi connectivity index (χ0) is 16.1. The van der Waals surface area contributed by atoms with Crippen molar-refractivity contribution < 1.29 is 4.42 Å². The van der Waals surface area contributed by atoms with Gasteiger partial charge in [0.2, 0.25) is 5.89 Å². The largest absolute Gasteiger partial charge is 0.443 e. The summed E-state index contributed by atoms with van der Waals surface area (Å²) in [6, 6.07) is 0. The molecule has 0 unspecified atom stereocenters. The molecule has 0 atom stereocenters. The summed E-state index contributed by atoms with van der Waals surface area (Å²) in [5.41, 5.74) is 1.02. The van der Waals surface area contributed by atoms with Crippen molar-refractivity contribution in [2.75, 3.05) is 0 Å². The predicted molar refractivity (Wildman–Crippen MR) is 82.5 cm³/mol. The van der Waals surface area contributed by atoms with Crippen molar-refractivity contribution in [1.29, 1.82) is 0 Å². The second-order valence-corrected chi connectivity index (χ2v) is 5.94. The van der Waals surface area contributed by atoms with Crippen LogP contribution in [0.3, 0.4) is 0 Å². The minimum Gasteiger partial charge on any atom is -0.443 e. The summed E-state index contributed by atoms with van der Waals surface area (Å²) in [4.78, 5) is 33.1. The van der Waals surface area contributed by atoms with Gasteiger partial charge in [-0.25, -0.2) is 14.8 Å². The molecule has 1 aliphatic rings. The fourth-order valence-corrected chi connectivity index (χ4v) is 3.14. The topological polar surface area (TPSA) is 87.8 Å². The first-order chi connectivity index (χ1) is 11.1. The molecule has 0 aliphatic heterocycles. The molecule has 1 aliphatic carbocycles. The normalized spacial score (nSPS) is 14.3. The molecule has 0 fully saturated rings. The summed E-state index contributed by atoms with van der Waals surface area (Å²) in [5.74, 6) is 1.53. The Bertz CT molecular complexity index is 997. The second kappa shape index (κ2) is 4.94. The highest BCUT2D eigenvalue weighted by atomic mass is 16.4. The Hall–Kier alpha value is -2.64. The molecular weight excluding hydrogens is 298 g/mol. The Morgan fingerprint density at radius 1 is 1.17 bits per heavy atom. The van der Waals surface area contributed by atoms with Crippen LogP contribution in [-0.4, -0.2) is 23.7 Å². The third-order valence-corrected chi connectivity index (χ3v) is 4.41. The lowest BCUT2D eigenvalue weighted by Crippen LogP contribution is -2.37. The first-order valence-electron chi connectivity index (χ1n) is 7.64. The molecule has 0 bridgehead atoms. The van der Waals surface area contributed by atoms with Crippen LogP contribution >= 0.6 is 0 Å². The van der Waals surface area contributed by atoms with Crippen molar-refractivity contribution in [3.8, 4) is 0 Å². The van der Waals surface area contributed by atoms with Crippen molar-refractivity contribution in [2.45, 2.75) is 32.2 Å². The molecule has 0 spiro atoms. The molecule has 0 N–H and O–H groups in total.